The molecular weight excluding hydrogens is 454 g/mol. The van der Waals surface area contributed by atoms with E-state index < -0.39 is 10.0 Å². The van der Waals surface area contributed by atoms with Gasteiger partial charge in [-0.3, -0.25) is 4.79 Å². The molecule has 8 heteroatoms. The molecule has 2 aromatic carbocycles. The zero-order valence-electron chi connectivity index (χ0n) is 15.8. The van der Waals surface area contributed by atoms with Crippen molar-refractivity contribution in [2.45, 2.75) is 17.7 Å². The summed E-state index contributed by atoms with van der Waals surface area (Å²) >= 11 is 3.32. The number of piperazine rings is 1. The molecule has 0 saturated carbocycles. The van der Waals surface area contributed by atoms with Crippen LogP contribution in [0.3, 0.4) is 0 Å². The summed E-state index contributed by atoms with van der Waals surface area (Å²) < 4.78 is 27.9. The first-order valence-corrected chi connectivity index (χ1v) is 11.8. The monoisotopic (exact) mass is 475 g/mol. The highest BCUT2D eigenvalue weighted by atomic mass is 79.9. The standard InChI is InChI=1S/C21H22BrN3O3S/c22-17-6-8-18(9-7-17)29(27,28)25-13-11-24(12-14-25)21(26)10-5-16-15-23-20-4-2-1-3-19(16)20/h1-4,6-9,15,23H,5,10-14H2. The average molecular weight is 476 g/mol. The average Bonchev–Trinajstić information content (AvgIpc) is 3.15. The normalized spacial score (nSPS) is 15.7. The summed E-state index contributed by atoms with van der Waals surface area (Å²) in [4.78, 5) is 17.9. The number of H-pyrrole nitrogens is 1. The van der Waals surface area contributed by atoms with Gasteiger partial charge in [-0.15, -0.1) is 0 Å². The van der Waals surface area contributed by atoms with Crippen molar-refractivity contribution < 1.29 is 13.2 Å². The lowest BCUT2D eigenvalue weighted by Gasteiger charge is -2.34. The minimum atomic E-state index is -3.53. The molecule has 6 nitrogen and oxygen atoms in total. The molecule has 29 heavy (non-hydrogen) atoms. The van der Waals surface area contributed by atoms with Crippen molar-refractivity contribution in [1.82, 2.24) is 14.2 Å². The van der Waals surface area contributed by atoms with E-state index in [1.165, 1.54) is 4.31 Å². The first-order chi connectivity index (χ1) is 13.9. The second kappa shape index (κ2) is 8.30. The molecule has 0 radical (unpaired) electrons. The number of nitrogens with one attached hydrogen (secondary N) is 1. The van der Waals surface area contributed by atoms with E-state index >= 15 is 0 Å². The molecule has 1 fully saturated rings. The Bertz CT molecular complexity index is 1120. The van der Waals surface area contributed by atoms with Crippen molar-refractivity contribution in [3.05, 3.63) is 64.8 Å². The summed E-state index contributed by atoms with van der Waals surface area (Å²) in [6, 6.07) is 14.7. The molecule has 1 aromatic heterocycles. The predicted molar refractivity (Wildman–Crippen MR) is 116 cm³/mol. The quantitative estimate of drug-likeness (QED) is 0.614. The maximum absolute atomic E-state index is 12.8. The van der Waals surface area contributed by atoms with Crippen LogP contribution in [0.2, 0.25) is 0 Å². The van der Waals surface area contributed by atoms with Crippen LogP contribution in [0.15, 0.2) is 64.1 Å². The molecule has 0 unspecified atom stereocenters. The van der Waals surface area contributed by atoms with E-state index in [0.29, 0.717) is 39.0 Å². The summed E-state index contributed by atoms with van der Waals surface area (Å²) in [7, 11) is -3.53. The molecule has 0 spiro atoms. The molecule has 152 valence electrons. The third-order valence-electron chi connectivity index (χ3n) is 5.33. The van der Waals surface area contributed by atoms with Gasteiger partial charge in [-0.2, -0.15) is 4.31 Å². The van der Waals surface area contributed by atoms with Gasteiger partial charge < -0.3 is 9.88 Å². The molecule has 1 aliphatic heterocycles. The molecule has 1 amide bonds. The highest BCUT2D eigenvalue weighted by Gasteiger charge is 2.29. The van der Waals surface area contributed by atoms with Gasteiger partial charge in [0.05, 0.1) is 4.90 Å². The summed E-state index contributed by atoms with van der Waals surface area (Å²) in [6.07, 6.45) is 3.04. The minimum absolute atomic E-state index is 0.0657. The van der Waals surface area contributed by atoms with Crippen LogP contribution < -0.4 is 0 Å². The molecule has 1 aliphatic rings. The molecule has 0 bridgehead atoms. The number of hydrogen-bond donors (Lipinski definition) is 1. The summed E-state index contributed by atoms with van der Waals surface area (Å²) in [6.45, 7) is 1.47. The third-order valence-corrected chi connectivity index (χ3v) is 7.77. The second-order valence-electron chi connectivity index (χ2n) is 7.10. The van der Waals surface area contributed by atoms with Crippen LogP contribution in [0.4, 0.5) is 0 Å². The van der Waals surface area contributed by atoms with Gasteiger partial charge >= 0.3 is 0 Å². The largest absolute Gasteiger partial charge is 0.361 e. The molecule has 2 heterocycles. The molecule has 0 aliphatic carbocycles. The summed E-state index contributed by atoms with van der Waals surface area (Å²) in [5.41, 5.74) is 2.20. The number of hydrogen-bond acceptors (Lipinski definition) is 3. The van der Waals surface area contributed by atoms with Gasteiger partial charge in [0, 0.05) is 54.2 Å². The fraction of sp³-hybridized carbons (Fsp3) is 0.286. The van der Waals surface area contributed by atoms with Crippen molar-refractivity contribution in [2.75, 3.05) is 26.2 Å². The summed E-state index contributed by atoms with van der Waals surface area (Å²) in [5, 5.41) is 1.14. The van der Waals surface area contributed by atoms with E-state index in [1.54, 1.807) is 29.2 Å². The Morgan fingerprint density at radius 3 is 2.41 bits per heavy atom. The van der Waals surface area contributed by atoms with Crippen molar-refractivity contribution in [3.8, 4) is 0 Å². The van der Waals surface area contributed by atoms with Crippen LogP contribution in [0, 0.1) is 0 Å². The number of nitrogens with zero attached hydrogens (tertiary/aromatic N) is 2. The van der Waals surface area contributed by atoms with Crippen LogP contribution in [0.25, 0.3) is 10.9 Å². The number of carbonyl (C=O) groups is 1. The van der Waals surface area contributed by atoms with E-state index in [4.69, 9.17) is 0 Å². The highest BCUT2D eigenvalue weighted by Crippen LogP contribution is 2.22. The molecule has 0 atom stereocenters. The number of rotatable bonds is 5. The van der Waals surface area contributed by atoms with Crippen LogP contribution in [0.1, 0.15) is 12.0 Å². The Labute approximate surface area is 178 Å². The molecule has 1 saturated heterocycles. The van der Waals surface area contributed by atoms with Gasteiger partial charge in [-0.05, 0) is 42.3 Å². The Hall–Kier alpha value is -2.16. The zero-order valence-corrected chi connectivity index (χ0v) is 18.2. The topological polar surface area (TPSA) is 73.5 Å². The number of para-hydroxylation sites is 1. The predicted octanol–water partition coefficient (Wildman–Crippen LogP) is 3.40. The third kappa shape index (κ3) is 4.24. The number of benzene rings is 2. The lowest BCUT2D eigenvalue weighted by molar-refractivity contribution is -0.132. The first-order valence-electron chi connectivity index (χ1n) is 9.53. The molecule has 4 rings (SSSR count). The SMILES string of the molecule is O=C(CCc1c[nH]c2ccccc12)N1CCN(S(=O)(=O)c2ccc(Br)cc2)CC1. The fourth-order valence-corrected chi connectivity index (χ4v) is 5.36. The Morgan fingerprint density at radius 1 is 1.00 bits per heavy atom. The second-order valence-corrected chi connectivity index (χ2v) is 9.95. The Balaban J connectivity index is 1.34. The Kier molecular flexibility index (Phi) is 5.76. The van der Waals surface area contributed by atoms with Crippen LogP contribution in [0.5, 0.6) is 0 Å². The van der Waals surface area contributed by atoms with Crippen molar-refractivity contribution in [3.63, 3.8) is 0 Å². The van der Waals surface area contributed by atoms with Gasteiger partial charge in [0.15, 0.2) is 0 Å². The van der Waals surface area contributed by atoms with Crippen LogP contribution >= 0.6 is 15.9 Å². The number of fused-ring (bicyclic) bond motifs is 1. The smallest absolute Gasteiger partial charge is 0.243 e. The maximum atomic E-state index is 12.8. The van der Waals surface area contributed by atoms with E-state index in [9.17, 15) is 13.2 Å². The number of aryl methyl sites for hydroxylation is 1. The first kappa shape index (κ1) is 20.1. The number of aromatic amines is 1. The van der Waals surface area contributed by atoms with Crippen molar-refractivity contribution >= 4 is 42.8 Å². The van der Waals surface area contributed by atoms with E-state index in [0.717, 1.165) is 20.9 Å². The van der Waals surface area contributed by atoms with Gasteiger partial charge in [0.2, 0.25) is 15.9 Å². The number of halogens is 1. The number of sulfonamides is 1. The van der Waals surface area contributed by atoms with Crippen molar-refractivity contribution in [1.29, 1.82) is 0 Å². The molecular formula is C21H22BrN3O3S. The van der Waals surface area contributed by atoms with Crippen LogP contribution in [-0.2, 0) is 21.2 Å². The summed E-state index contributed by atoms with van der Waals surface area (Å²) in [5.74, 6) is 0.0657. The van der Waals surface area contributed by atoms with E-state index in [-0.39, 0.29) is 10.8 Å². The van der Waals surface area contributed by atoms with E-state index in [2.05, 4.69) is 27.0 Å². The van der Waals surface area contributed by atoms with Gasteiger partial charge in [-0.25, -0.2) is 8.42 Å². The lowest BCUT2D eigenvalue weighted by atomic mass is 10.1. The zero-order chi connectivity index (χ0) is 20.4. The number of aromatic nitrogens is 1. The molecule has 1 N–H and O–H groups in total. The van der Waals surface area contributed by atoms with Crippen molar-refractivity contribution in [2.24, 2.45) is 0 Å². The highest BCUT2D eigenvalue weighted by molar-refractivity contribution is 9.10. The number of carbonyl (C=O) groups excluding carboxylic acids is 1. The maximum Gasteiger partial charge on any atom is 0.243 e. The minimum Gasteiger partial charge on any atom is -0.361 e. The van der Waals surface area contributed by atoms with Gasteiger partial charge in [-0.1, -0.05) is 34.1 Å². The molecule has 3 aromatic rings. The van der Waals surface area contributed by atoms with E-state index in [1.807, 2.05) is 24.4 Å². The lowest BCUT2D eigenvalue weighted by Crippen LogP contribution is -2.50. The fourth-order valence-electron chi connectivity index (χ4n) is 3.67. The Morgan fingerprint density at radius 2 is 1.69 bits per heavy atom. The number of amides is 1. The van der Waals surface area contributed by atoms with Crippen LogP contribution in [-0.4, -0.2) is 54.7 Å². The van der Waals surface area contributed by atoms with Gasteiger partial charge in [0.25, 0.3) is 0 Å². The van der Waals surface area contributed by atoms with Gasteiger partial charge in [0.1, 0.15) is 0 Å².